The number of rotatable bonds is 4. The van der Waals surface area contributed by atoms with Gasteiger partial charge >= 0.3 is 5.69 Å². The molecule has 2 aliphatic rings. The van der Waals surface area contributed by atoms with Crippen molar-refractivity contribution in [3.63, 3.8) is 0 Å². The molecule has 1 saturated heterocycles. The zero-order valence-corrected chi connectivity index (χ0v) is 16.8. The van der Waals surface area contributed by atoms with Gasteiger partial charge in [-0.25, -0.2) is 13.9 Å². The molecule has 1 fully saturated rings. The minimum Gasteiger partial charge on any atom is -0.490 e. The Hall–Kier alpha value is -3.23. The molecule has 9 nitrogen and oxygen atoms in total. The molecule has 5 rings (SSSR count). The Bertz CT molecular complexity index is 1300. The molecule has 2 aromatic heterocycles. The molecule has 0 bridgehead atoms. The Morgan fingerprint density at radius 2 is 2.00 bits per heavy atom. The molecule has 3 aromatic rings. The van der Waals surface area contributed by atoms with Crippen molar-refractivity contribution in [3.05, 3.63) is 40.4 Å². The number of fused-ring (bicyclic) bond motifs is 2. The Morgan fingerprint density at radius 3 is 2.77 bits per heavy atom. The molecule has 0 spiro atoms. The van der Waals surface area contributed by atoms with E-state index in [1.54, 1.807) is 12.3 Å². The van der Waals surface area contributed by atoms with Gasteiger partial charge in [0, 0.05) is 50.3 Å². The lowest BCUT2D eigenvalue weighted by Crippen LogP contribution is -2.39. The zero-order valence-electron chi connectivity index (χ0n) is 20.8. The van der Waals surface area contributed by atoms with Gasteiger partial charge in [0.2, 0.25) is 0 Å². The number of aromatic nitrogens is 4. The van der Waals surface area contributed by atoms with Crippen molar-refractivity contribution in [3.8, 4) is 17.2 Å². The summed E-state index contributed by atoms with van der Waals surface area (Å²) in [6.45, 7) is 0.484. The van der Waals surface area contributed by atoms with Crippen molar-refractivity contribution >= 4 is 11.6 Å². The molecule has 0 saturated carbocycles. The lowest BCUT2D eigenvalue weighted by Gasteiger charge is -2.33. The van der Waals surface area contributed by atoms with Gasteiger partial charge < -0.3 is 19.1 Å². The third-order valence-electron chi connectivity index (χ3n) is 5.36. The molecular formula is C21H25N5O4. The van der Waals surface area contributed by atoms with Gasteiger partial charge in [0.1, 0.15) is 30.8 Å². The minimum absolute atomic E-state index is 0.0621. The summed E-state index contributed by atoms with van der Waals surface area (Å²) in [5, 5.41) is 4.28. The van der Waals surface area contributed by atoms with Gasteiger partial charge in [-0.05, 0) is 26.0 Å². The molecule has 0 radical (unpaired) electrons. The van der Waals surface area contributed by atoms with E-state index in [0.717, 1.165) is 24.2 Å². The molecule has 9 heteroatoms. The van der Waals surface area contributed by atoms with E-state index in [1.165, 1.54) is 21.2 Å². The number of anilines is 1. The molecule has 1 aromatic carbocycles. The number of benzene rings is 1. The molecule has 0 unspecified atom stereocenters. The number of hydrogen-bond donors (Lipinski definition) is 0. The maximum atomic E-state index is 12.3. The van der Waals surface area contributed by atoms with Crippen LogP contribution in [-0.2, 0) is 6.54 Å². The monoisotopic (exact) mass is 415 g/mol. The molecule has 0 aliphatic carbocycles. The summed E-state index contributed by atoms with van der Waals surface area (Å²) in [7, 11) is 0. The first-order valence-electron chi connectivity index (χ1n) is 12.0. The van der Waals surface area contributed by atoms with E-state index in [4.69, 9.17) is 19.7 Å². The number of hydrogen-bond acceptors (Lipinski definition) is 7. The second-order valence-electron chi connectivity index (χ2n) is 7.34. The highest BCUT2D eigenvalue weighted by atomic mass is 16.6. The van der Waals surface area contributed by atoms with Crippen LogP contribution in [0.3, 0.4) is 0 Å². The maximum Gasteiger partial charge on any atom is 0.351 e. The van der Waals surface area contributed by atoms with Crippen molar-refractivity contribution in [2.75, 3.05) is 31.1 Å². The summed E-state index contributed by atoms with van der Waals surface area (Å²) in [5.74, 6) is 1.91. The topological polar surface area (TPSA) is 83.1 Å². The highest BCUT2D eigenvalue weighted by molar-refractivity contribution is 5.50. The van der Waals surface area contributed by atoms with E-state index in [9.17, 15) is 4.79 Å². The molecule has 0 amide bonds. The van der Waals surface area contributed by atoms with Gasteiger partial charge in [0.25, 0.3) is 5.78 Å². The molecular weight excluding hydrogens is 386 g/mol. The van der Waals surface area contributed by atoms with Crippen molar-refractivity contribution in [1.82, 2.24) is 19.2 Å². The van der Waals surface area contributed by atoms with Crippen molar-refractivity contribution < 1.29 is 19.7 Å². The largest absolute Gasteiger partial charge is 0.490 e. The van der Waals surface area contributed by atoms with Crippen LogP contribution in [0, 0.1) is 6.92 Å². The van der Waals surface area contributed by atoms with Crippen LogP contribution < -0.4 is 24.8 Å². The van der Waals surface area contributed by atoms with Crippen LogP contribution >= 0.6 is 0 Å². The van der Waals surface area contributed by atoms with E-state index < -0.39 is 13.1 Å². The van der Waals surface area contributed by atoms with E-state index in [-0.39, 0.29) is 23.3 Å². The van der Waals surface area contributed by atoms with Crippen molar-refractivity contribution in [1.29, 1.82) is 0 Å². The third-order valence-corrected chi connectivity index (χ3v) is 5.36. The summed E-state index contributed by atoms with van der Waals surface area (Å²) in [6.07, 6.45) is 3.19. The van der Waals surface area contributed by atoms with Gasteiger partial charge in [0.15, 0.2) is 11.5 Å². The zero-order chi connectivity index (χ0) is 24.3. The van der Waals surface area contributed by atoms with Crippen LogP contribution in [-0.4, -0.2) is 51.5 Å². The summed E-state index contributed by atoms with van der Waals surface area (Å²) < 4.78 is 50.1. The van der Waals surface area contributed by atoms with Gasteiger partial charge in [-0.2, -0.15) is 4.98 Å². The fourth-order valence-electron chi connectivity index (χ4n) is 3.81. The van der Waals surface area contributed by atoms with Gasteiger partial charge in [-0.1, -0.05) is 0 Å². The van der Waals surface area contributed by atoms with Crippen LogP contribution in [0.4, 0.5) is 5.82 Å². The Labute approximate surface area is 179 Å². The summed E-state index contributed by atoms with van der Waals surface area (Å²) in [6, 6.07) is 4.70. The van der Waals surface area contributed by atoms with Gasteiger partial charge in [-0.15, -0.1) is 5.10 Å². The smallest absolute Gasteiger partial charge is 0.351 e. The average molecular weight is 415 g/mol. The first-order chi connectivity index (χ1) is 16.1. The van der Waals surface area contributed by atoms with Crippen LogP contribution in [0.1, 0.15) is 30.8 Å². The van der Waals surface area contributed by atoms with E-state index in [2.05, 4.69) is 15.0 Å². The van der Waals surface area contributed by atoms with Gasteiger partial charge in [-0.3, -0.25) is 0 Å². The maximum absolute atomic E-state index is 12.3. The predicted octanol–water partition coefficient (Wildman–Crippen LogP) is 2.04. The predicted molar refractivity (Wildman–Crippen MR) is 111 cm³/mol. The van der Waals surface area contributed by atoms with E-state index >= 15 is 0 Å². The first-order valence-corrected chi connectivity index (χ1v) is 9.98. The molecule has 158 valence electrons. The molecule has 0 atom stereocenters. The van der Waals surface area contributed by atoms with Crippen LogP contribution in [0.5, 0.6) is 17.2 Å². The third kappa shape index (κ3) is 3.34. The first kappa shape index (κ1) is 14.7. The SMILES string of the molecule is [2H]C1([2H])Oc2ccc(OC3CCN(c4nc5nn(CC)c(=O)n5cc4C)CC3)cc2OC1([2H])[2H]. The Balaban J connectivity index is 1.27. The minimum atomic E-state index is -2.62. The quantitative estimate of drug-likeness (QED) is 0.645. The highest BCUT2D eigenvalue weighted by Gasteiger charge is 2.24. The fraction of sp³-hybridized carbons (Fsp3) is 0.476. The average Bonchev–Trinajstić information content (AvgIpc) is 3.09. The Morgan fingerprint density at radius 1 is 1.23 bits per heavy atom. The van der Waals surface area contributed by atoms with E-state index in [1.807, 2.05) is 13.8 Å². The fourth-order valence-corrected chi connectivity index (χ4v) is 3.81. The Kier molecular flexibility index (Phi) is 3.70. The van der Waals surface area contributed by atoms with Crippen molar-refractivity contribution in [2.24, 2.45) is 0 Å². The summed E-state index contributed by atoms with van der Waals surface area (Å²) in [4.78, 5) is 19.1. The summed E-state index contributed by atoms with van der Waals surface area (Å²) >= 11 is 0. The van der Waals surface area contributed by atoms with Gasteiger partial charge in [0.05, 0.1) is 5.48 Å². The molecule has 2 aliphatic heterocycles. The molecule has 30 heavy (non-hydrogen) atoms. The number of piperidine rings is 1. The number of ether oxygens (including phenoxy) is 3. The molecule has 4 heterocycles. The lowest BCUT2D eigenvalue weighted by molar-refractivity contribution is 0.159. The van der Waals surface area contributed by atoms with Crippen LogP contribution in [0.15, 0.2) is 29.2 Å². The number of nitrogens with zero attached hydrogens (tertiary/aromatic N) is 5. The lowest BCUT2D eigenvalue weighted by atomic mass is 10.1. The second kappa shape index (κ2) is 7.55. The normalized spacial score (nSPS) is 22.1. The van der Waals surface area contributed by atoms with E-state index in [0.29, 0.717) is 31.2 Å². The number of aryl methyl sites for hydroxylation is 2. The molecule has 0 N–H and O–H groups in total. The second-order valence-corrected chi connectivity index (χ2v) is 7.34. The van der Waals surface area contributed by atoms with Crippen LogP contribution in [0.2, 0.25) is 0 Å². The highest BCUT2D eigenvalue weighted by Crippen LogP contribution is 2.34. The van der Waals surface area contributed by atoms with Crippen molar-refractivity contribution in [2.45, 2.75) is 39.3 Å². The summed E-state index contributed by atoms with van der Waals surface area (Å²) in [5.41, 5.74) is 0.695. The van der Waals surface area contributed by atoms with Crippen LogP contribution in [0.25, 0.3) is 5.78 Å². The standard InChI is InChI=1S/C21H25N5O4/c1-3-26-21(27)25-13-14(2)19(22-20(25)23-26)24-8-6-15(7-9-24)30-16-4-5-17-18(12-16)29-11-10-28-17/h4-5,12-13,15H,3,6-11H2,1-2H3/i10D2,11D2.